The molecule has 0 fully saturated rings. The van der Waals surface area contributed by atoms with Crippen molar-refractivity contribution in [1.29, 1.82) is 0 Å². The SMILES string of the molecule is CCCCCCN(C)C[C@H](Cc1c[nH]c2ccccc12)NC(=O)[C@H](CCCN=C(N)N)NC(=O)[C@@H](Cc1ccccc1)NC(=O)[C@@H](CCC)Cc1ccc(O)cc1. The summed E-state index contributed by atoms with van der Waals surface area (Å²) in [4.78, 5) is 52.4. The second-order valence-corrected chi connectivity index (χ2v) is 15.2. The Kier molecular flexibility index (Phi) is 18.4. The minimum absolute atomic E-state index is 0.0413. The fourth-order valence-corrected chi connectivity index (χ4v) is 7.29. The number of nitrogens with two attached hydrogens (primary N) is 2. The number of hydrogen-bond donors (Lipinski definition) is 7. The number of guanidine groups is 1. The van der Waals surface area contributed by atoms with E-state index < -0.39 is 23.9 Å². The van der Waals surface area contributed by atoms with Gasteiger partial charge in [-0.2, -0.15) is 0 Å². The second kappa shape index (κ2) is 23.6. The molecule has 4 atom stereocenters. The van der Waals surface area contributed by atoms with E-state index in [1.807, 2.05) is 61.7 Å². The zero-order valence-electron chi connectivity index (χ0n) is 34.0. The lowest BCUT2D eigenvalue weighted by Crippen LogP contribution is -2.57. The largest absolute Gasteiger partial charge is 0.508 e. The molecule has 0 radical (unpaired) electrons. The van der Waals surface area contributed by atoms with Crippen molar-refractivity contribution in [1.82, 2.24) is 25.8 Å². The lowest BCUT2D eigenvalue weighted by molar-refractivity contribution is -0.133. The summed E-state index contributed by atoms with van der Waals surface area (Å²) in [6, 6.07) is 22.4. The highest BCUT2D eigenvalue weighted by atomic mass is 16.3. The number of aromatic amines is 1. The first-order valence-electron chi connectivity index (χ1n) is 20.6. The molecule has 3 aromatic carbocycles. The third kappa shape index (κ3) is 15.2. The summed E-state index contributed by atoms with van der Waals surface area (Å²) < 4.78 is 0. The average Bonchev–Trinajstić information content (AvgIpc) is 3.60. The van der Waals surface area contributed by atoms with Crippen LogP contribution in [0.1, 0.15) is 81.9 Å². The Morgan fingerprint density at radius 3 is 2.14 bits per heavy atom. The first-order chi connectivity index (χ1) is 27.6. The lowest BCUT2D eigenvalue weighted by Gasteiger charge is -2.28. The molecule has 1 heterocycles. The predicted molar refractivity (Wildman–Crippen MR) is 230 cm³/mol. The first-order valence-corrected chi connectivity index (χ1v) is 20.6. The van der Waals surface area contributed by atoms with E-state index in [1.165, 1.54) is 6.42 Å². The van der Waals surface area contributed by atoms with Gasteiger partial charge in [0.05, 0.1) is 0 Å². The summed E-state index contributed by atoms with van der Waals surface area (Å²) in [6.45, 7) is 6.04. The van der Waals surface area contributed by atoms with Crippen molar-refractivity contribution < 1.29 is 19.5 Å². The zero-order valence-corrected chi connectivity index (χ0v) is 34.0. The Morgan fingerprint density at radius 1 is 0.737 bits per heavy atom. The third-order valence-electron chi connectivity index (χ3n) is 10.3. The maximum atomic E-state index is 14.4. The van der Waals surface area contributed by atoms with E-state index in [9.17, 15) is 19.5 Å². The van der Waals surface area contributed by atoms with Crippen LogP contribution in [-0.2, 0) is 33.6 Å². The number of aromatic hydroxyl groups is 1. The van der Waals surface area contributed by atoms with Crippen molar-refractivity contribution in [3.05, 3.63) is 102 Å². The minimum atomic E-state index is -0.941. The molecule has 0 spiro atoms. The fourth-order valence-electron chi connectivity index (χ4n) is 7.29. The van der Waals surface area contributed by atoms with Crippen molar-refractivity contribution in [2.24, 2.45) is 22.4 Å². The van der Waals surface area contributed by atoms with E-state index in [2.05, 4.69) is 50.9 Å². The number of amides is 3. The van der Waals surface area contributed by atoms with Gasteiger partial charge in [-0.3, -0.25) is 19.4 Å². The van der Waals surface area contributed by atoms with Gasteiger partial charge in [0.1, 0.15) is 17.8 Å². The van der Waals surface area contributed by atoms with E-state index in [1.54, 1.807) is 24.3 Å². The van der Waals surface area contributed by atoms with Crippen LogP contribution in [0.5, 0.6) is 5.75 Å². The summed E-state index contributed by atoms with van der Waals surface area (Å²) in [7, 11) is 2.08. The van der Waals surface area contributed by atoms with Gasteiger partial charge in [-0.1, -0.05) is 100 Å². The highest BCUT2D eigenvalue weighted by Crippen LogP contribution is 2.21. The number of aromatic nitrogens is 1. The van der Waals surface area contributed by atoms with Gasteiger partial charge in [-0.25, -0.2) is 0 Å². The van der Waals surface area contributed by atoms with Crippen molar-refractivity contribution in [2.75, 3.05) is 26.7 Å². The summed E-state index contributed by atoms with van der Waals surface area (Å²) in [6.07, 6.45) is 10.00. The van der Waals surface area contributed by atoms with Crippen LogP contribution in [0.15, 0.2) is 90.1 Å². The van der Waals surface area contributed by atoms with E-state index in [4.69, 9.17) is 11.5 Å². The quantitative estimate of drug-likeness (QED) is 0.0268. The van der Waals surface area contributed by atoms with Crippen LogP contribution in [0.4, 0.5) is 0 Å². The molecule has 0 aliphatic carbocycles. The van der Waals surface area contributed by atoms with Crippen LogP contribution in [-0.4, -0.2) is 83.5 Å². The summed E-state index contributed by atoms with van der Waals surface area (Å²) in [5, 5.41) is 20.3. The number of unbranched alkanes of at least 4 members (excludes halogenated alkanes) is 3. The van der Waals surface area contributed by atoms with E-state index in [0.717, 1.165) is 59.8 Å². The molecule has 9 N–H and O–H groups in total. The van der Waals surface area contributed by atoms with Gasteiger partial charge >= 0.3 is 0 Å². The first kappa shape index (κ1) is 44.4. The molecule has 0 bridgehead atoms. The molecule has 4 rings (SSSR count). The Hall–Kier alpha value is -5.36. The molecule has 0 saturated carbocycles. The third-order valence-corrected chi connectivity index (χ3v) is 10.3. The van der Waals surface area contributed by atoms with E-state index >= 15 is 0 Å². The topological polar surface area (TPSA) is 191 Å². The van der Waals surface area contributed by atoms with Crippen LogP contribution >= 0.6 is 0 Å². The van der Waals surface area contributed by atoms with Crippen molar-refractivity contribution in [3.8, 4) is 5.75 Å². The average molecular weight is 781 g/mol. The number of carbonyl (C=O) groups is 3. The van der Waals surface area contributed by atoms with Crippen LogP contribution < -0.4 is 27.4 Å². The number of rotatable bonds is 25. The summed E-state index contributed by atoms with van der Waals surface area (Å²) in [5.41, 5.74) is 15.1. The Labute approximate surface area is 338 Å². The second-order valence-electron chi connectivity index (χ2n) is 15.2. The molecule has 3 amide bonds. The molecule has 0 aliphatic rings. The van der Waals surface area contributed by atoms with Crippen LogP contribution in [0.2, 0.25) is 0 Å². The summed E-state index contributed by atoms with van der Waals surface area (Å²) in [5.74, 6) is -1.27. The number of nitrogens with zero attached hydrogens (tertiary/aromatic N) is 2. The lowest BCUT2D eigenvalue weighted by atomic mass is 9.93. The number of carbonyl (C=O) groups excluding carboxylic acids is 3. The van der Waals surface area contributed by atoms with Crippen molar-refractivity contribution in [3.63, 3.8) is 0 Å². The number of H-pyrrole nitrogens is 1. The number of benzene rings is 3. The molecule has 12 nitrogen and oxygen atoms in total. The number of phenols is 1. The highest BCUT2D eigenvalue weighted by molar-refractivity contribution is 5.93. The summed E-state index contributed by atoms with van der Waals surface area (Å²) >= 11 is 0. The molecule has 57 heavy (non-hydrogen) atoms. The van der Waals surface area contributed by atoms with Gasteiger partial charge in [0.15, 0.2) is 5.96 Å². The molecular weight excluding hydrogens is 717 g/mol. The van der Waals surface area contributed by atoms with Crippen LogP contribution in [0.25, 0.3) is 10.9 Å². The highest BCUT2D eigenvalue weighted by Gasteiger charge is 2.30. The molecule has 4 aromatic rings. The number of aliphatic imine (C=N–C) groups is 1. The number of hydrogen-bond acceptors (Lipinski definition) is 6. The van der Waals surface area contributed by atoms with E-state index in [-0.39, 0.29) is 42.4 Å². The van der Waals surface area contributed by atoms with Crippen molar-refractivity contribution >= 4 is 34.6 Å². The molecule has 308 valence electrons. The standard InChI is InChI=1S/C45H64N8O4/c1-4-6-7-13-26-53(3)31-36(29-35-30-49-39-19-12-11-18-38(35)39)50-43(56)40(20-14-25-48-45(46)47)51-44(57)41(28-32-16-9-8-10-17-32)52-42(55)34(15-5-2)27-33-21-23-37(54)24-22-33/h8-12,16-19,21-24,30,34,36,40-41,49,54H,4-7,13-15,20,25-29,31H2,1-3H3,(H,50,56)(H,51,57)(H,52,55)(H4,46,47,48)/t34-,36-,40-,41+/m0/s1. The molecule has 0 saturated heterocycles. The van der Waals surface area contributed by atoms with Gasteiger partial charge in [0.25, 0.3) is 0 Å². The van der Waals surface area contributed by atoms with Gasteiger partial charge in [-0.15, -0.1) is 0 Å². The molecule has 1 aromatic heterocycles. The maximum Gasteiger partial charge on any atom is 0.243 e. The molecular formula is C45H64N8O4. The number of nitrogens with one attached hydrogen (secondary N) is 4. The number of likely N-dealkylation sites (N-methyl/N-ethyl adjacent to an activating group) is 1. The van der Waals surface area contributed by atoms with Gasteiger partial charge in [0, 0.05) is 48.6 Å². The molecule has 12 heteroatoms. The number of fused-ring (bicyclic) bond motifs is 1. The number of para-hydroxylation sites is 1. The zero-order chi connectivity index (χ0) is 41.0. The maximum absolute atomic E-state index is 14.4. The van der Waals surface area contributed by atoms with Crippen LogP contribution in [0, 0.1) is 5.92 Å². The van der Waals surface area contributed by atoms with Gasteiger partial charge in [-0.05, 0) is 87.0 Å². The predicted octanol–water partition coefficient (Wildman–Crippen LogP) is 5.34. The molecule has 0 unspecified atom stereocenters. The Morgan fingerprint density at radius 2 is 1.42 bits per heavy atom. The minimum Gasteiger partial charge on any atom is -0.508 e. The number of phenolic OH excluding ortho intramolecular Hbond substituents is 1. The Bertz CT molecular complexity index is 1840. The van der Waals surface area contributed by atoms with Gasteiger partial charge < -0.3 is 42.4 Å². The van der Waals surface area contributed by atoms with E-state index in [0.29, 0.717) is 38.8 Å². The van der Waals surface area contributed by atoms with Gasteiger partial charge in [0.2, 0.25) is 17.7 Å². The molecule has 0 aliphatic heterocycles. The monoisotopic (exact) mass is 781 g/mol. The fraction of sp³-hybridized carbons (Fsp3) is 0.467. The normalized spacial score (nSPS) is 13.4. The van der Waals surface area contributed by atoms with Crippen LogP contribution in [0.3, 0.4) is 0 Å². The van der Waals surface area contributed by atoms with Crippen molar-refractivity contribution in [2.45, 2.75) is 103 Å². The smallest absolute Gasteiger partial charge is 0.243 e. The Balaban J connectivity index is 1.57.